The molecule has 0 aliphatic carbocycles. The molecule has 0 fully saturated rings. The summed E-state index contributed by atoms with van der Waals surface area (Å²) >= 11 is 13.7. The Balaban J connectivity index is 1.66. The molecule has 0 unspecified atom stereocenters. The van der Waals surface area contributed by atoms with Gasteiger partial charge in [-0.05, 0) is 48.6 Å². The van der Waals surface area contributed by atoms with Crippen molar-refractivity contribution in [2.75, 3.05) is 11.1 Å². The lowest BCUT2D eigenvalue weighted by Gasteiger charge is -2.10. The van der Waals surface area contributed by atoms with Crippen LogP contribution < -0.4 is 10.9 Å². The maximum atomic E-state index is 13.7. The van der Waals surface area contributed by atoms with Crippen LogP contribution in [0.25, 0.3) is 16.0 Å². The van der Waals surface area contributed by atoms with Crippen LogP contribution in [0.15, 0.2) is 58.5 Å². The van der Waals surface area contributed by atoms with Gasteiger partial charge in [0.2, 0.25) is 5.91 Å². The van der Waals surface area contributed by atoms with E-state index < -0.39 is 11.7 Å². The number of carbonyl (C=O) groups is 1. The minimum absolute atomic E-state index is 0.0497. The van der Waals surface area contributed by atoms with E-state index in [1.54, 1.807) is 48.0 Å². The molecule has 0 spiro atoms. The standard InChI is InChI=1S/C20H14ClFN4O2S3/c1-25-18(28)16-17(26(20(29)31-16)12-8-6-11(21)7-9-12)24-19(25)30-10-15(27)23-14-5-3-2-4-13(14)22/h2-9H,10H2,1H3,(H,23,27). The van der Waals surface area contributed by atoms with Crippen LogP contribution in [0.3, 0.4) is 0 Å². The largest absolute Gasteiger partial charge is 0.323 e. The van der Waals surface area contributed by atoms with Crippen LogP contribution >= 0.6 is 46.9 Å². The van der Waals surface area contributed by atoms with Gasteiger partial charge >= 0.3 is 0 Å². The van der Waals surface area contributed by atoms with E-state index in [9.17, 15) is 14.0 Å². The topological polar surface area (TPSA) is 68.9 Å². The van der Waals surface area contributed by atoms with Crippen molar-refractivity contribution in [3.63, 3.8) is 0 Å². The quantitative estimate of drug-likeness (QED) is 0.240. The molecule has 4 aromatic rings. The van der Waals surface area contributed by atoms with E-state index >= 15 is 0 Å². The van der Waals surface area contributed by atoms with Gasteiger partial charge in [0.15, 0.2) is 14.8 Å². The number of hydrogen-bond donors (Lipinski definition) is 1. The second kappa shape index (κ2) is 8.91. The smallest absolute Gasteiger partial charge is 0.273 e. The molecule has 158 valence electrons. The highest BCUT2D eigenvalue weighted by atomic mass is 35.5. The van der Waals surface area contributed by atoms with Crippen LogP contribution in [0.1, 0.15) is 0 Å². The van der Waals surface area contributed by atoms with E-state index in [4.69, 9.17) is 23.8 Å². The molecule has 0 bridgehead atoms. The number of rotatable bonds is 5. The van der Waals surface area contributed by atoms with Crippen molar-refractivity contribution in [2.24, 2.45) is 7.05 Å². The Hall–Kier alpha value is -2.53. The first-order valence-electron chi connectivity index (χ1n) is 8.91. The first-order valence-corrected chi connectivity index (χ1v) is 11.5. The van der Waals surface area contributed by atoms with Gasteiger partial charge in [0.1, 0.15) is 10.5 Å². The predicted molar refractivity (Wildman–Crippen MR) is 126 cm³/mol. The van der Waals surface area contributed by atoms with Gasteiger partial charge in [0.05, 0.1) is 11.4 Å². The van der Waals surface area contributed by atoms with Crippen LogP contribution in [-0.2, 0) is 11.8 Å². The van der Waals surface area contributed by atoms with Gasteiger partial charge in [0.25, 0.3) is 5.56 Å². The van der Waals surface area contributed by atoms with Crippen molar-refractivity contribution in [3.8, 4) is 5.69 Å². The molecule has 1 amide bonds. The molecule has 2 aromatic heterocycles. The van der Waals surface area contributed by atoms with Crippen LogP contribution in [0.4, 0.5) is 10.1 Å². The number of amides is 1. The van der Waals surface area contributed by atoms with Crippen LogP contribution in [-0.4, -0.2) is 25.8 Å². The number of thiazole rings is 1. The minimum Gasteiger partial charge on any atom is -0.323 e. The van der Waals surface area contributed by atoms with E-state index in [1.165, 1.54) is 28.0 Å². The van der Waals surface area contributed by atoms with Gasteiger partial charge in [-0.2, -0.15) is 0 Å². The molecule has 4 rings (SSSR count). The summed E-state index contributed by atoms with van der Waals surface area (Å²) in [5.74, 6) is -0.983. The predicted octanol–water partition coefficient (Wildman–Crippen LogP) is 5.04. The first kappa shape index (κ1) is 21.7. The summed E-state index contributed by atoms with van der Waals surface area (Å²) in [5, 5.41) is 3.44. The third-order valence-corrected chi connectivity index (χ3v) is 6.97. The SMILES string of the molecule is Cn1c(SCC(=O)Nc2ccccc2F)nc2c(sc(=S)n2-c2ccc(Cl)cc2)c1=O. The van der Waals surface area contributed by atoms with Crippen LogP contribution in [0.5, 0.6) is 0 Å². The fraction of sp³-hybridized carbons (Fsp3) is 0.100. The van der Waals surface area contributed by atoms with Crippen molar-refractivity contribution < 1.29 is 9.18 Å². The normalized spacial score (nSPS) is 11.1. The van der Waals surface area contributed by atoms with E-state index in [-0.39, 0.29) is 17.0 Å². The molecule has 11 heteroatoms. The Labute approximate surface area is 194 Å². The monoisotopic (exact) mass is 492 g/mol. The van der Waals surface area contributed by atoms with Crippen molar-refractivity contribution in [3.05, 3.63) is 73.7 Å². The van der Waals surface area contributed by atoms with Crippen molar-refractivity contribution in [2.45, 2.75) is 5.16 Å². The number of nitrogens with zero attached hydrogens (tertiary/aromatic N) is 3. The van der Waals surface area contributed by atoms with Gasteiger partial charge in [-0.1, -0.05) is 46.8 Å². The molecule has 0 atom stereocenters. The molecule has 2 aromatic carbocycles. The number of fused-ring (bicyclic) bond motifs is 1. The van der Waals surface area contributed by atoms with E-state index in [1.807, 2.05) is 0 Å². The van der Waals surface area contributed by atoms with Crippen LogP contribution in [0, 0.1) is 9.77 Å². The summed E-state index contributed by atoms with van der Waals surface area (Å²) in [5.41, 5.74) is 0.984. The molecule has 6 nitrogen and oxygen atoms in total. The molecular weight excluding hydrogens is 479 g/mol. The average molecular weight is 493 g/mol. The first-order chi connectivity index (χ1) is 14.8. The molecule has 0 radical (unpaired) electrons. The number of benzene rings is 2. The van der Waals surface area contributed by atoms with Crippen molar-refractivity contribution >= 4 is 68.9 Å². The molecule has 0 aliphatic heterocycles. The number of carbonyl (C=O) groups excluding carboxylic acids is 1. The summed E-state index contributed by atoms with van der Waals surface area (Å²) in [6.45, 7) is 0. The van der Waals surface area contributed by atoms with Gasteiger partial charge < -0.3 is 5.32 Å². The summed E-state index contributed by atoms with van der Waals surface area (Å²) < 4.78 is 17.7. The van der Waals surface area contributed by atoms with Crippen molar-refractivity contribution in [1.29, 1.82) is 0 Å². The lowest BCUT2D eigenvalue weighted by Crippen LogP contribution is -2.21. The van der Waals surface area contributed by atoms with Crippen molar-refractivity contribution in [1.82, 2.24) is 14.1 Å². The number of nitrogens with one attached hydrogen (secondary N) is 1. The third-order valence-electron chi connectivity index (χ3n) is 4.34. The molecule has 0 saturated carbocycles. The molecular formula is C20H14ClFN4O2S3. The van der Waals surface area contributed by atoms with Gasteiger partial charge in [-0.3, -0.25) is 18.7 Å². The fourth-order valence-corrected chi connectivity index (χ4v) is 5.08. The number of anilines is 1. The highest BCUT2D eigenvalue weighted by Crippen LogP contribution is 2.26. The molecule has 2 heterocycles. The Morgan fingerprint density at radius 2 is 1.97 bits per heavy atom. The Morgan fingerprint density at radius 3 is 2.68 bits per heavy atom. The number of para-hydroxylation sites is 1. The number of thioether (sulfide) groups is 1. The Bertz CT molecular complexity index is 1410. The minimum atomic E-state index is -0.520. The third kappa shape index (κ3) is 4.42. The van der Waals surface area contributed by atoms with Gasteiger partial charge in [-0.15, -0.1) is 0 Å². The van der Waals surface area contributed by atoms with E-state index in [0.29, 0.717) is 24.5 Å². The molecule has 0 aliphatic rings. The summed E-state index contributed by atoms with van der Waals surface area (Å²) in [7, 11) is 1.58. The highest BCUT2D eigenvalue weighted by Gasteiger charge is 2.17. The second-order valence-electron chi connectivity index (χ2n) is 6.41. The highest BCUT2D eigenvalue weighted by molar-refractivity contribution is 7.99. The second-order valence-corrected chi connectivity index (χ2v) is 9.43. The van der Waals surface area contributed by atoms with Gasteiger partial charge in [0, 0.05) is 17.8 Å². The lowest BCUT2D eigenvalue weighted by atomic mass is 10.3. The summed E-state index contributed by atoms with van der Waals surface area (Å²) in [6, 6.07) is 12.9. The average Bonchev–Trinajstić information content (AvgIpc) is 3.08. The zero-order chi connectivity index (χ0) is 22.1. The Kier molecular flexibility index (Phi) is 6.24. The number of aromatic nitrogens is 3. The van der Waals surface area contributed by atoms with Crippen LogP contribution in [0.2, 0.25) is 5.02 Å². The van der Waals surface area contributed by atoms with E-state index in [0.717, 1.165) is 17.4 Å². The number of hydrogen-bond acceptors (Lipinski definition) is 6. The lowest BCUT2D eigenvalue weighted by molar-refractivity contribution is -0.113. The Morgan fingerprint density at radius 1 is 1.26 bits per heavy atom. The molecule has 31 heavy (non-hydrogen) atoms. The summed E-state index contributed by atoms with van der Waals surface area (Å²) in [6.07, 6.45) is 0. The molecule has 1 N–H and O–H groups in total. The van der Waals surface area contributed by atoms with E-state index in [2.05, 4.69) is 10.3 Å². The zero-order valence-electron chi connectivity index (χ0n) is 16.0. The fourth-order valence-electron chi connectivity index (χ4n) is 2.84. The maximum Gasteiger partial charge on any atom is 0.273 e. The van der Waals surface area contributed by atoms with Gasteiger partial charge in [-0.25, -0.2) is 9.37 Å². The number of halogens is 2. The molecule has 0 saturated heterocycles. The maximum absolute atomic E-state index is 13.7. The summed E-state index contributed by atoms with van der Waals surface area (Å²) in [4.78, 5) is 29.7. The zero-order valence-corrected chi connectivity index (χ0v) is 19.2.